The van der Waals surface area contributed by atoms with E-state index in [9.17, 15) is 4.79 Å². The molecule has 0 saturated carbocycles. The minimum absolute atomic E-state index is 0.154. The van der Waals surface area contributed by atoms with E-state index in [2.05, 4.69) is 46.4 Å². The van der Waals surface area contributed by atoms with Crippen molar-refractivity contribution in [1.82, 2.24) is 15.1 Å². The lowest BCUT2D eigenvalue weighted by atomic mass is 10.00. The second-order valence-electron chi connectivity index (χ2n) is 7.51. The molecule has 0 fully saturated rings. The zero-order valence-corrected chi connectivity index (χ0v) is 16.3. The molecule has 28 heavy (non-hydrogen) atoms. The molecule has 1 aliphatic heterocycles. The Morgan fingerprint density at radius 1 is 1.21 bits per heavy atom. The van der Waals surface area contributed by atoms with Crippen LogP contribution in [-0.2, 0) is 18.6 Å². The number of aromatic nitrogens is 2. The molecular formula is C22H24N4O2. The number of ether oxygens (including phenoxy) is 1. The van der Waals surface area contributed by atoms with Gasteiger partial charge in [-0.15, -0.1) is 0 Å². The van der Waals surface area contributed by atoms with Crippen LogP contribution >= 0.6 is 0 Å². The summed E-state index contributed by atoms with van der Waals surface area (Å²) in [5, 5.41) is 10.5. The lowest BCUT2D eigenvalue weighted by Crippen LogP contribution is -2.35. The van der Waals surface area contributed by atoms with Gasteiger partial charge in [0, 0.05) is 24.2 Å². The number of hydrogen-bond acceptors (Lipinski definition) is 4. The predicted octanol–water partition coefficient (Wildman–Crippen LogP) is 3.92. The molecule has 3 aromatic rings. The van der Waals surface area contributed by atoms with E-state index in [1.54, 1.807) is 19.2 Å². The number of carbonyl (C=O) groups is 1. The molecule has 0 bridgehead atoms. The Balaban J connectivity index is 1.55. The Morgan fingerprint density at radius 3 is 2.75 bits per heavy atom. The van der Waals surface area contributed by atoms with Crippen molar-refractivity contribution in [2.24, 2.45) is 0 Å². The zero-order valence-electron chi connectivity index (χ0n) is 16.3. The van der Waals surface area contributed by atoms with Crippen LogP contribution in [-0.4, -0.2) is 28.1 Å². The van der Waals surface area contributed by atoms with Crippen molar-refractivity contribution in [3.8, 4) is 5.75 Å². The van der Waals surface area contributed by atoms with Crippen LogP contribution in [0.1, 0.15) is 41.0 Å². The van der Waals surface area contributed by atoms with E-state index in [0.717, 1.165) is 23.6 Å². The third kappa shape index (κ3) is 3.27. The van der Waals surface area contributed by atoms with Crippen LogP contribution < -0.4 is 10.1 Å². The fraction of sp³-hybridized carbons (Fsp3) is 0.273. The van der Waals surface area contributed by atoms with Gasteiger partial charge in [0.05, 0.1) is 18.3 Å². The number of methoxy groups -OCH3 is 1. The second-order valence-corrected chi connectivity index (χ2v) is 7.51. The average Bonchev–Trinajstić information content (AvgIpc) is 3.21. The van der Waals surface area contributed by atoms with Gasteiger partial charge in [0.25, 0.3) is 5.91 Å². The quantitative estimate of drug-likeness (QED) is 0.708. The summed E-state index contributed by atoms with van der Waals surface area (Å²) in [7, 11) is 1.68. The van der Waals surface area contributed by atoms with Crippen LogP contribution in [0.5, 0.6) is 5.75 Å². The first-order valence-corrected chi connectivity index (χ1v) is 9.31. The molecule has 4 rings (SSSR count). The van der Waals surface area contributed by atoms with Gasteiger partial charge < -0.3 is 10.1 Å². The number of nitrogens with zero attached hydrogens (tertiary/aromatic N) is 2. The summed E-state index contributed by atoms with van der Waals surface area (Å²) in [6.07, 6.45) is 0. The van der Waals surface area contributed by atoms with E-state index < -0.39 is 0 Å². The number of nitrogens with one attached hydrogen (secondary N) is 2. The Morgan fingerprint density at radius 2 is 2.00 bits per heavy atom. The maximum absolute atomic E-state index is 12.5. The summed E-state index contributed by atoms with van der Waals surface area (Å²) in [4.78, 5) is 14.9. The number of fused-ring (bicyclic) bond motifs is 1. The lowest BCUT2D eigenvalue weighted by Gasteiger charge is -2.31. The molecule has 144 valence electrons. The number of benzene rings is 2. The normalized spacial score (nSPS) is 15.2. The maximum atomic E-state index is 12.5. The molecule has 6 heteroatoms. The highest BCUT2D eigenvalue weighted by Gasteiger charge is 2.41. The Hall–Kier alpha value is -3.12. The van der Waals surface area contributed by atoms with Crippen molar-refractivity contribution >= 4 is 11.7 Å². The fourth-order valence-corrected chi connectivity index (χ4v) is 3.69. The highest BCUT2D eigenvalue weighted by atomic mass is 16.5. The van der Waals surface area contributed by atoms with Gasteiger partial charge >= 0.3 is 0 Å². The van der Waals surface area contributed by atoms with E-state index in [0.29, 0.717) is 17.9 Å². The Bertz CT molecular complexity index is 995. The van der Waals surface area contributed by atoms with Crippen molar-refractivity contribution in [1.29, 1.82) is 0 Å². The topological polar surface area (TPSA) is 70.2 Å². The van der Waals surface area contributed by atoms with Gasteiger partial charge in [-0.05, 0) is 43.7 Å². The molecule has 2 aromatic carbocycles. The smallest absolute Gasteiger partial charge is 0.256 e. The molecule has 0 saturated heterocycles. The third-order valence-electron chi connectivity index (χ3n) is 5.39. The SMILES string of the molecule is COc1cccc(CN2Cc3c(NC(=O)c4ccccc4)n[nH]c3C2(C)C)c1. The van der Waals surface area contributed by atoms with Gasteiger partial charge in [-0.2, -0.15) is 5.10 Å². The molecule has 1 amide bonds. The predicted molar refractivity (Wildman–Crippen MR) is 108 cm³/mol. The van der Waals surface area contributed by atoms with E-state index in [4.69, 9.17) is 4.74 Å². The summed E-state index contributed by atoms with van der Waals surface area (Å²) in [5.74, 6) is 1.30. The molecule has 0 unspecified atom stereocenters. The largest absolute Gasteiger partial charge is 0.497 e. The van der Waals surface area contributed by atoms with Gasteiger partial charge in [0.1, 0.15) is 5.75 Å². The number of rotatable bonds is 5. The van der Waals surface area contributed by atoms with Gasteiger partial charge in [-0.25, -0.2) is 0 Å². The van der Waals surface area contributed by atoms with E-state index in [-0.39, 0.29) is 11.4 Å². The highest BCUT2D eigenvalue weighted by molar-refractivity contribution is 6.04. The standard InChI is InChI=1S/C22H24N4O2/c1-22(2)19-18(14-26(22)13-15-8-7-11-17(12-15)28-3)20(25-24-19)23-21(27)16-9-5-4-6-10-16/h4-12H,13-14H2,1-3H3,(H2,23,24,25,27). The van der Waals surface area contributed by atoms with Gasteiger partial charge in [-0.3, -0.25) is 14.8 Å². The zero-order chi connectivity index (χ0) is 19.7. The first-order chi connectivity index (χ1) is 13.5. The molecule has 1 aliphatic rings. The third-order valence-corrected chi connectivity index (χ3v) is 5.39. The number of anilines is 1. The van der Waals surface area contributed by atoms with Crippen LogP contribution in [0.25, 0.3) is 0 Å². The van der Waals surface area contributed by atoms with Crippen LogP contribution in [0.3, 0.4) is 0 Å². The van der Waals surface area contributed by atoms with E-state index >= 15 is 0 Å². The summed E-state index contributed by atoms with van der Waals surface area (Å²) >= 11 is 0. The van der Waals surface area contributed by atoms with Crippen LogP contribution in [0.15, 0.2) is 54.6 Å². The summed E-state index contributed by atoms with van der Waals surface area (Å²) in [6, 6.07) is 17.3. The summed E-state index contributed by atoms with van der Waals surface area (Å²) in [6.45, 7) is 5.82. The van der Waals surface area contributed by atoms with E-state index in [1.165, 1.54) is 5.56 Å². The summed E-state index contributed by atoms with van der Waals surface area (Å²) in [5.41, 5.74) is 3.65. The van der Waals surface area contributed by atoms with Crippen molar-refractivity contribution in [3.05, 3.63) is 77.0 Å². The molecule has 1 aromatic heterocycles. The van der Waals surface area contributed by atoms with Crippen LogP contribution in [0.2, 0.25) is 0 Å². The number of H-pyrrole nitrogens is 1. The molecule has 0 aliphatic carbocycles. The molecule has 0 atom stereocenters. The number of hydrogen-bond donors (Lipinski definition) is 2. The van der Waals surface area contributed by atoms with Crippen molar-refractivity contribution < 1.29 is 9.53 Å². The Kier molecular flexibility index (Phi) is 4.65. The molecule has 6 nitrogen and oxygen atoms in total. The summed E-state index contributed by atoms with van der Waals surface area (Å²) < 4.78 is 5.34. The molecular weight excluding hydrogens is 352 g/mol. The van der Waals surface area contributed by atoms with Gasteiger partial charge in [-0.1, -0.05) is 30.3 Å². The van der Waals surface area contributed by atoms with Gasteiger partial charge in [0.2, 0.25) is 0 Å². The first-order valence-electron chi connectivity index (χ1n) is 9.31. The lowest BCUT2D eigenvalue weighted by molar-refractivity contribution is 0.102. The molecule has 2 heterocycles. The van der Waals surface area contributed by atoms with Crippen molar-refractivity contribution in [2.45, 2.75) is 32.5 Å². The van der Waals surface area contributed by atoms with E-state index in [1.807, 2.05) is 30.3 Å². The minimum Gasteiger partial charge on any atom is -0.497 e. The average molecular weight is 376 g/mol. The first kappa shape index (κ1) is 18.3. The molecule has 2 N–H and O–H groups in total. The second kappa shape index (κ2) is 7.13. The number of amides is 1. The number of aromatic amines is 1. The fourth-order valence-electron chi connectivity index (χ4n) is 3.69. The molecule has 0 spiro atoms. The van der Waals surface area contributed by atoms with Crippen LogP contribution in [0.4, 0.5) is 5.82 Å². The van der Waals surface area contributed by atoms with Crippen LogP contribution in [0, 0.1) is 0 Å². The van der Waals surface area contributed by atoms with Crippen molar-refractivity contribution in [3.63, 3.8) is 0 Å². The van der Waals surface area contributed by atoms with Crippen molar-refractivity contribution in [2.75, 3.05) is 12.4 Å². The van der Waals surface area contributed by atoms with Gasteiger partial charge in [0.15, 0.2) is 5.82 Å². The maximum Gasteiger partial charge on any atom is 0.256 e. The molecule has 0 radical (unpaired) electrons. The number of carbonyl (C=O) groups excluding carboxylic acids is 1. The Labute approximate surface area is 164 Å². The monoisotopic (exact) mass is 376 g/mol. The minimum atomic E-state index is -0.221. The highest BCUT2D eigenvalue weighted by Crippen LogP contribution is 2.41.